The molecule has 1 N–H and O–H groups in total. The molecular formula is C42H25N3S2. The van der Waals surface area contributed by atoms with Crippen LogP contribution in [0.4, 0.5) is 10.7 Å². The highest BCUT2D eigenvalue weighted by Gasteiger charge is 2.31. The molecule has 0 radical (unpaired) electrons. The minimum Gasteiger partial charge on any atom is -0.361 e. The zero-order valence-corrected chi connectivity index (χ0v) is 26.7. The molecule has 11 rings (SSSR count). The SMILES string of the molecule is c1ccc2c(C3Nc4sc5ccccc5c4N=C3n3c4ccccc4c4cc5sc6c7ccccc7ccc6c5cc43)cccc2c1. The van der Waals surface area contributed by atoms with Gasteiger partial charge in [-0.05, 0) is 51.4 Å². The summed E-state index contributed by atoms with van der Waals surface area (Å²) in [7, 11) is 0. The zero-order chi connectivity index (χ0) is 30.6. The molecular weight excluding hydrogens is 611 g/mol. The van der Waals surface area contributed by atoms with Crippen molar-refractivity contribution in [2.24, 2.45) is 4.99 Å². The van der Waals surface area contributed by atoms with Crippen molar-refractivity contribution in [1.29, 1.82) is 0 Å². The molecule has 1 unspecified atom stereocenters. The third-order valence-corrected chi connectivity index (χ3v) is 12.1. The lowest BCUT2D eigenvalue weighted by Crippen LogP contribution is -2.29. The fraction of sp³-hybridized carbons (Fsp3) is 0.0238. The predicted molar refractivity (Wildman–Crippen MR) is 204 cm³/mol. The fourth-order valence-electron chi connectivity index (χ4n) is 7.73. The van der Waals surface area contributed by atoms with E-state index in [1.165, 1.54) is 79.2 Å². The molecule has 1 atom stereocenters. The van der Waals surface area contributed by atoms with E-state index in [1.54, 1.807) is 11.3 Å². The summed E-state index contributed by atoms with van der Waals surface area (Å²) in [6.07, 6.45) is 0. The third-order valence-electron chi connectivity index (χ3n) is 9.85. The lowest BCUT2D eigenvalue weighted by molar-refractivity contribution is 0.980. The largest absolute Gasteiger partial charge is 0.361 e. The van der Waals surface area contributed by atoms with Crippen LogP contribution < -0.4 is 5.32 Å². The Morgan fingerprint density at radius 2 is 1.23 bits per heavy atom. The van der Waals surface area contributed by atoms with Gasteiger partial charge in [-0.15, -0.1) is 22.7 Å². The highest BCUT2D eigenvalue weighted by Crippen LogP contribution is 2.49. The Morgan fingerprint density at radius 3 is 2.13 bits per heavy atom. The first-order valence-corrected chi connectivity index (χ1v) is 17.6. The number of anilines is 1. The van der Waals surface area contributed by atoms with Gasteiger partial charge >= 0.3 is 0 Å². The van der Waals surface area contributed by atoms with Gasteiger partial charge in [-0.2, -0.15) is 0 Å². The lowest BCUT2D eigenvalue weighted by Gasteiger charge is -2.28. The van der Waals surface area contributed by atoms with Crippen molar-refractivity contribution < 1.29 is 0 Å². The summed E-state index contributed by atoms with van der Waals surface area (Å²) < 4.78 is 6.34. The summed E-state index contributed by atoms with van der Waals surface area (Å²) in [6.45, 7) is 0. The summed E-state index contributed by atoms with van der Waals surface area (Å²) in [5, 5.41) is 16.5. The van der Waals surface area contributed by atoms with E-state index in [1.807, 2.05) is 11.3 Å². The smallest absolute Gasteiger partial charge is 0.141 e. The third kappa shape index (κ3) is 3.58. The van der Waals surface area contributed by atoms with E-state index < -0.39 is 0 Å². The van der Waals surface area contributed by atoms with E-state index in [-0.39, 0.29) is 6.04 Å². The topological polar surface area (TPSA) is 29.3 Å². The number of thiophene rings is 2. The molecule has 0 amide bonds. The number of hydrogen-bond donors (Lipinski definition) is 1. The second-order valence-corrected chi connectivity index (χ2v) is 14.5. The van der Waals surface area contributed by atoms with Gasteiger partial charge in [-0.3, -0.25) is 4.57 Å². The first kappa shape index (κ1) is 25.7. The molecule has 220 valence electrons. The molecule has 0 spiro atoms. The van der Waals surface area contributed by atoms with E-state index in [2.05, 4.69) is 149 Å². The first-order chi connectivity index (χ1) is 23.3. The maximum absolute atomic E-state index is 5.64. The Bertz CT molecular complexity index is 2950. The second-order valence-electron chi connectivity index (χ2n) is 12.4. The molecule has 0 aliphatic carbocycles. The summed E-state index contributed by atoms with van der Waals surface area (Å²) in [4.78, 5) is 5.64. The van der Waals surface area contributed by atoms with E-state index in [0.29, 0.717) is 0 Å². The van der Waals surface area contributed by atoms with Crippen LogP contribution in [0.2, 0.25) is 0 Å². The average molecular weight is 636 g/mol. The highest BCUT2D eigenvalue weighted by atomic mass is 32.1. The molecule has 4 heterocycles. The fourth-order valence-corrected chi connectivity index (χ4v) is 10.1. The van der Waals surface area contributed by atoms with Crippen molar-refractivity contribution in [3.63, 3.8) is 0 Å². The summed E-state index contributed by atoms with van der Waals surface area (Å²) in [6, 6.07) is 50.7. The summed E-state index contributed by atoms with van der Waals surface area (Å²) in [5.41, 5.74) is 4.60. The van der Waals surface area contributed by atoms with Gasteiger partial charge in [0.1, 0.15) is 22.6 Å². The number of nitrogens with zero attached hydrogens (tertiary/aromatic N) is 2. The van der Waals surface area contributed by atoms with E-state index in [0.717, 1.165) is 16.5 Å². The van der Waals surface area contributed by atoms with Crippen LogP contribution in [0.15, 0.2) is 145 Å². The number of para-hydroxylation sites is 1. The van der Waals surface area contributed by atoms with Crippen LogP contribution in [0.1, 0.15) is 11.6 Å². The maximum Gasteiger partial charge on any atom is 0.141 e. The van der Waals surface area contributed by atoms with E-state index >= 15 is 0 Å². The first-order valence-electron chi connectivity index (χ1n) is 15.9. The molecule has 1 aliphatic rings. The normalized spacial score (nSPS) is 14.9. The average Bonchev–Trinajstić information content (AvgIpc) is 3.79. The molecule has 3 nitrogen and oxygen atoms in total. The monoisotopic (exact) mass is 635 g/mol. The molecule has 5 heteroatoms. The lowest BCUT2D eigenvalue weighted by atomic mass is 9.96. The number of aromatic nitrogens is 1. The minimum atomic E-state index is -0.153. The Balaban J connectivity index is 1.27. The number of hydrogen-bond acceptors (Lipinski definition) is 4. The van der Waals surface area contributed by atoms with Gasteiger partial charge < -0.3 is 5.32 Å². The zero-order valence-electron chi connectivity index (χ0n) is 25.1. The van der Waals surface area contributed by atoms with Gasteiger partial charge in [0, 0.05) is 41.0 Å². The number of aliphatic imine (C=N–C) groups is 1. The molecule has 47 heavy (non-hydrogen) atoms. The molecule has 7 aromatic carbocycles. The van der Waals surface area contributed by atoms with Gasteiger partial charge in [0.25, 0.3) is 0 Å². The van der Waals surface area contributed by atoms with Gasteiger partial charge in [-0.25, -0.2) is 4.99 Å². The Labute approximate surface area is 277 Å². The van der Waals surface area contributed by atoms with Gasteiger partial charge in [0.05, 0.1) is 11.0 Å². The summed E-state index contributed by atoms with van der Waals surface area (Å²) in [5.74, 6) is 0.993. The molecule has 0 fully saturated rings. The van der Waals surface area contributed by atoms with Crippen LogP contribution in [0.3, 0.4) is 0 Å². The van der Waals surface area contributed by atoms with Crippen LogP contribution in [-0.4, -0.2) is 10.4 Å². The highest BCUT2D eigenvalue weighted by molar-refractivity contribution is 7.26. The van der Waals surface area contributed by atoms with Crippen LogP contribution in [-0.2, 0) is 0 Å². The Morgan fingerprint density at radius 1 is 0.511 bits per heavy atom. The number of fused-ring (bicyclic) bond motifs is 12. The van der Waals surface area contributed by atoms with Gasteiger partial charge in [-0.1, -0.05) is 115 Å². The maximum atomic E-state index is 5.64. The molecule has 0 saturated heterocycles. The van der Waals surface area contributed by atoms with Crippen LogP contribution in [0, 0.1) is 0 Å². The van der Waals surface area contributed by atoms with Crippen LogP contribution in [0.5, 0.6) is 0 Å². The molecule has 3 aromatic heterocycles. The van der Waals surface area contributed by atoms with Crippen LogP contribution >= 0.6 is 22.7 Å². The van der Waals surface area contributed by atoms with Crippen molar-refractivity contribution in [1.82, 2.24) is 4.57 Å². The quantitative estimate of drug-likeness (QED) is 0.191. The number of rotatable bonds is 1. The molecule has 0 saturated carbocycles. The van der Waals surface area contributed by atoms with Crippen LogP contribution in [0.25, 0.3) is 73.6 Å². The van der Waals surface area contributed by atoms with E-state index in [4.69, 9.17) is 4.99 Å². The number of nitrogens with one attached hydrogen (secondary N) is 1. The summed E-state index contributed by atoms with van der Waals surface area (Å²) >= 11 is 3.69. The standard InChI is InChI=1S/C42H25N3S2/c1-3-13-26-24(10-1)12-9-17-29(26)38-41(43-39-31-16-6-8-19-36(31)47-42(39)44-38)45-34-18-7-5-15-28(34)32-23-37-33(22-35(32)45)30-21-20-25-11-2-4-14-27(25)40(30)46-37/h1-23,38,44H. The van der Waals surface area contributed by atoms with Crippen molar-refractivity contribution in [2.75, 3.05) is 5.32 Å². The Hall–Kier alpha value is -5.49. The van der Waals surface area contributed by atoms with Crippen molar-refractivity contribution in [3.05, 3.63) is 145 Å². The molecule has 10 aromatic rings. The van der Waals surface area contributed by atoms with E-state index in [9.17, 15) is 0 Å². The number of benzene rings is 7. The Kier molecular flexibility index (Phi) is 5.20. The second kappa shape index (κ2) is 9.52. The predicted octanol–water partition coefficient (Wildman–Crippen LogP) is 12.4. The van der Waals surface area contributed by atoms with Gasteiger partial charge in [0.2, 0.25) is 0 Å². The van der Waals surface area contributed by atoms with Gasteiger partial charge in [0.15, 0.2) is 0 Å². The minimum absolute atomic E-state index is 0.153. The van der Waals surface area contributed by atoms with Crippen molar-refractivity contribution in [3.8, 4) is 0 Å². The van der Waals surface area contributed by atoms with Crippen molar-refractivity contribution >= 4 is 113 Å². The molecule has 0 bridgehead atoms. The van der Waals surface area contributed by atoms with Crippen molar-refractivity contribution in [2.45, 2.75) is 6.04 Å². The molecule has 1 aliphatic heterocycles.